The number of aryl methyl sites for hydroxylation is 1. The first-order valence-electron chi connectivity index (χ1n) is 7.96. The molecule has 0 aliphatic carbocycles. The number of halogens is 4. The number of nitrogens with zero attached hydrogens (tertiary/aromatic N) is 2. The van der Waals surface area contributed by atoms with Crippen LogP contribution in [0.3, 0.4) is 0 Å². The van der Waals surface area contributed by atoms with E-state index in [0.29, 0.717) is 15.8 Å². The van der Waals surface area contributed by atoms with Crippen LogP contribution in [0.4, 0.5) is 18.9 Å². The Balaban J connectivity index is 1.81. The number of carbonyl (C=O) groups is 1. The number of hydrogen-bond acceptors (Lipinski definition) is 5. The van der Waals surface area contributed by atoms with Crippen molar-refractivity contribution in [3.63, 3.8) is 0 Å². The maximum atomic E-state index is 13.7. The van der Waals surface area contributed by atoms with Crippen molar-refractivity contribution in [1.29, 1.82) is 0 Å². The SMILES string of the molecule is Cc1nc(C#Cc2cc(C(=O)Nc3cc(F)c(=O)n(CC(F)F)c3)sc2Cl)cs1. The Morgan fingerprint density at radius 1 is 1.38 bits per heavy atom. The van der Waals surface area contributed by atoms with Gasteiger partial charge in [-0.05, 0) is 18.9 Å². The van der Waals surface area contributed by atoms with Crippen LogP contribution in [-0.4, -0.2) is 21.9 Å². The van der Waals surface area contributed by atoms with Gasteiger partial charge in [-0.15, -0.1) is 22.7 Å². The second kappa shape index (κ2) is 8.82. The van der Waals surface area contributed by atoms with Gasteiger partial charge in [0, 0.05) is 17.6 Å². The number of thiazole rings is 1. The fourth-order valence-electron chi connectivity index (χ4n) is 2.26. The van der Waals surface area contributed by atoms with Crippen molar-refractivity contribution in [3.05, 3.63) is 65.4 Å². The van der Waals surface area contributed by atoms with E-state index in [1.54, 1.807) is 5.38 Å². The lowest BCUT2D eigenvalue weighted by atomic mass is 10.3. The summed E-state index contributed by atoms with van der Waals surface area (Å²) in [6.45, 7) is 0.864. The molecular weight excluding hydrogens is 447 g/mol. The van der Waals surface area contributed by atoms with Crippen LogP contribution in [-0.2, 0) is 6.54 Å². The molecule has 0 unspecified atom stereocenters. The van der Waals surface area contributed by atoms with Crippen molar-refractivity contribution in [1.82, 2.24) is 9.55 Å². The first-order chi connectivity index (χ1) is 13.7. The van der Waals surface area contributed by atoms with Crippen LogP contribution >= 0.6 is 34.3 Å². The molecule has 0 fully saturated rings. The molecule has 5 nitrogen and oxygen atoms in total. The van der Waals surface area contributed by atoms with Gasteiger partial charge in [0.25, 0.3) is 17.9 Å². The van der Waals surface area contributed by atoms with E-state index in [1.165, 1.54) is 17.4 Å². The highest BCUT2D eigenvalue weighted by Crippen LogP contribution is 2.28. The Kier molecular flexibility index (Phi) is 6.42. The normalized spacial score (nSPS) is 10.7. The molecule has 3 rings (SSSR count). The molecule has 3 aromatic rings. The summed E-state index contributed by atoms with van der Waals surface area (Å²) < 4.78 is 39.6. The van der Waals surface area contributed by atoms with Crippen molar-refractivity contribution >= 4 is 45.9 Å². The number of anilines is 1. The lowest BCUT2D eigenvalue weighted by Gasteiger charge is -2.09. The van der Waals surface area contributed by atoms with Crippen molar-refractivity contribution in [2.45, 2.75) is 19.9 Å². The summed E-state index contributed by atoms with van der Waals surface area (Å²) in [7, 11) is 0. The molecular formula is C18H11ClF3N3O2S2. The largest absolute Gasteiger partial charge is 0.320 e. The number of pyridine rings is 1. The van der Waals surface area contributed by atoms with Gasteiger partial charge in [0.15, 0.2) is 5.82 Å². The third-order valence-electron chi connectivity index (χ3n) is 3.49. The summed E-state index contributed by atoms with van der Waals surface area (Å²) in [5, 5.41) is 5.02. The Morgan fingerprint density at radius 2 is 2.14 bits per heavy atom. The van der Waals surface area contributed by atoms with E-state index in [4.69, 9.17) is 11.6 Å². The Labute approximate surface area is 175 Å². The highest BCUT2D eigenvalue weighted by Gasteiger charge is 2.16. The molecule has 11 heteroatoms. The number of carbonyl (C=O) groups excluding carboxylic acids is 1. The van der Waals surface area contributed by atoms with Crippen LogP contribution in [0.25, 0.3) is 0 Å². The van der Waals surface area contributed by atoms with Crippen LogP contribution in [0, 0.1) is 24.6 Å². The molecule has 0 atom stereocenters. The van der Waals surface area contributed by atoms with Gasteiger partial charge < -0.3 is 9.88 Å². The van der Waals surface area contributed by atoms with Gasteiger partial charge in [0.2, 0.25) is 0 Å². The number of rotatable bonds is 4. The van der Waals surface area contributed by atoms with Gasteiger partial charge >= 0.3 is 0 Å². The molecule has 29 heavy (non-hydrogen) atoms. The predicted octanol–water partition coefficient (Wildman–Crippen LogP) is 4.38. The molecule has 1 N–H and O–H groups in total. The fraction of sp³-hybridized carbons (Fsp3) is 0.167. The standard InChI is InChI=1S/C18H11ClF3N3O2S2/c1-9-23-11(8-28-9)3-2-10-4-14(29-16(10)19)17(26)24-12-5-13(20)18(27)25(6-12)7-15(21)22/h4-6,8,15H,7H2,1H3,(H,24,26). The minimum absolute atomic E-state index is 0.136. The first-order valence-corrected chi connectivity index (χ1v) is 10.0. The lowest BCUT2D eigenvalue weighted by Crippen LogP contribution is -2.26. The molecule has 0 aromatic carbocycles. The second-order valence-corrected chi connectivity index (χ2v) is 8.40. The van der Waals surface area contributed by atoms with Gasteiger partial charge in [-0.25, -0.2) is 18.2 Å². The summed E-state index contributed by atoms with van der Waals surface area (Å²) in [4.78, 5) is 28.4. The third-order valence-corrected chi connectivity index (χ3v) is 5.62. The topological polar surface area (TPSA) is 64.0 Å². The zero-order valence-electron chi connectivity index (χ0n) is 14.6. The molecule has 3 heterocycles. The molecule has 0 aliphatic heterocycles. The molecule has 150 valence electrons. The summed E-state index contributed by atoms with van der Waals surface area (Å²) >= 11 is 8.53. The van der Waals surface area contributed by atoms with E-state index in [2.05, 4.69) is 22.1 Å². The minimum Gasteiger partial charge on any atom is -0.320 e. The van der Waals surface area contributed by atoms with Gasteiger partial charge in [-0.2, -0.15) is 0 Å². The van der Waals surface area contributed by atoms with Crippen molar-refractivity contribution in [3.8, 4) is 11.8 Å². The van der Waals surface area contributed by atoms with Crippen molar-refractivity contribution in [2.24, 2.45) is 0 Å². The smallest absolute Gasteiger partial charge is 0.286 e. The van der Waals surface area contributed by atoms with E-state index in [0.717, 1.165) is 28.6 Å². The maximum absolute atomic E-state index is 13.7. The van der Waals surface area contributed by atoms with Crippen LogP contribution in [0.5, 0.6) is 0 Å². The predicted molar refractivity (Wildman–Crippen MR) is 107 cm³/mol. The number of thiophene rings is 1. The Bertz CT molecular complexity index is 1190. The number of aromatic nitrogens is 2. The molecule has 0 spiro atoms. The number of nitrogens with one attached hydrogen (secondary N) is 1. The number of amides is 1. The number of hydrogen-bond donors (Lipinski definition) is 1. The van der Waals surface area contributed by atoms with E-state index in [9.17, 15) is 22.8 Å². The zero-order valence-corrected chi connectivity index (χ0v) is 17.0. The van der Waals surface area contributed by atoms with Crippen molar-refractivity contribution < 1.29 is 18.0 Å². The van der Waals surface area contributed by atoms with Gasteiger partial charge in [0.1, 0.15) is 10.0 Å². The van der Waals surface area contributed by atoms with Gasteiger partial charge in [-0.3, -0.25) is 9.59 Å². The monoisotopic (exact) mass is 457 g/mol. The van der Waals surface area contributed by atoms with E-state index < -0.39 is 30.3 Å². The molecule has 0 aliphatic rings. The second-order valence-electron chi connectivity index (χ2n) is 5.68. The molecule has 0 saturated carbocycles. The summed E-state index contributed by atoms with van der Waals surface area (Å²) in [6, 6.07) is 2.23. The molecule has 0 radical (unpaired) electrons. The average Bonchev–Trinajstić information content (AvgIpc) is 3.22. The fourth-order valence-corrected chi connectivity index (χ4v) is 3.89. The number of alkyl halides is 2. The van der Waals surface area contributed by atoms with Crippen LogP contribution in [0.2, 0.25) is 4.34 Å². The summed E-state index contributed by atoms with van der Waals surface area (Å²) in [5.41, 5.74) is -0.334. The summed E-state index contributed by atoms with van der Waals surface area (Å²) in [6.07, 6.45) is -1.90. The summed E-state index contributed by atoms with van der Waals surface area (Å²) in [5.74, 6) is 3.78. The minimum atomic E-state index is -2.85. The molecule has 3 aromatic heterocycles. The van der Waals surface area contributed by atoms with E-state index in [-0.39, 0.29) is 14.9 Å². The lowest BCUT2D eigenvalue weighted by molar-refractivity contribution is 0.103. The maximum Gasteiger partial charge on any atom is 0.286 e. The Hall–Kier alpha value is -2.61. The highest BCUT2D eigenvalue weighted by atomic mass is 35.5. The van der Waals surface area contributed by atoms with E-state index in [1.807, 2.05) is 6.92 Å². The quantitative estimate of drug-likeness (QED) is 0.591. The van der Waals surface area contributed by atoms with Crippen LogP contribution < -0.4 is 10.9 Å². The van der Waals surface area contributed by atoms with Gasteiger partial charge in [-0.1, -0.05) is 17.5 Å². The third kappa shape index (κ3) is 5.26. The van der Waals surface area contributed by atoms with Crippen molar-refractivity contribution in [2.75, 3.05) is 5.32 Å². The first kappa shape index (κ1) is 21.1. The molecule has 0 bridgehead atoms. The van der Waals surface area contributed by atoms with Crippen LogP contribution in [0.1, 0.15) is 25.9 Å². The Morgan fingerprint density at radius 3 is 2.79 bits per heavy atom. The molecule has 0 saturated heterocycles. The molecule has 1 amide bonds. The average molecular weight is 458 g/mol. The van der Waals surface area contributed by atoms with Crippen LogP contribution in [0.15, 0.2) is 28.5 Å². The van der Waals surface area contributed by atoms with E-state index >= 15 is 0 Å². The zero-order chi connectivity index (χ0) is 21.1. The highest BCUT2D eigenvalue weighted by molar-refractivity contribution is 7.18. The van der Waals surface area contributed by atoms with Gasteiger partial charge in [0.05, 0.1) is 27.7 Å².